The maximum Gasteiger partial charge on any atom is 0.226 e. The highest BCUT2D eigenvalue weighted by molar-refractivity contribution is 14.0. The molecular weight excluding hydrogens is 491 g/mol. The van der Waals surface area contributed by atoms with Crippen LogP contribution in [0.3, 0.4) is 0 Å². The zero-order valence-electron chi connectivity index (χ0n) is 18.4. The lowest BCUT2D eigenvalue weighted by atomic mass is 10.1. The van der Waals surface area contributed by atoms with Crippen LogP contribution in [0.25, 0.3) is 11.5 Å². The van der Waals surface area contributed by atoms with E-state index in [1.807, 2.05) is 12.1 Å². The van der Waals surface area contributed by atoms with E-state index in [2.05, 4.69) is 63.3 Å². The standard InChI is InChI=1S/C22H34N6O.HI/c1-4-23-22(24-10-11-28-14-12-27(5-2)13-15-28)25-16-20-17-29-21(26-20)19-8-6-18(3)7-9-19;/h6-9,17H,4-5,10-16H2,1-3H3,(H2,23,24,25);1H. The normalized spacial score (nSPS) is 15.6. The van der Waals surface area contributed by atoms with Gasteiger partial charge in [0.25, 0.3) is 0 Å². The fourth-order valence-corrected chi connectivity index (χ4v) is 3.37. The minimum Gasteiger partial charge on any atom is -0.444 e. The minimum absolute atomic E-state index is 0. The van der Waals surface area contributed by atoms with Gasteiger partial charge in [-0.05, 0) is 32.5 Å². The summed E-state index contributed by atoms with van der Waals surface area (Å²) >= 11 is 0. The molecule has 0 radical (unpaired) electrons. The van der Waals surface area contributed by atoms with Crippen molar-refractivity contribution >= 4 is 29.9 Å². The van der Waals surface area contributed by atoms with Gasteiger partial charge in [0.1, 0.15) is 12.0 Å². The first-order valence-corrected chi connectivity index (χ1v) is 10.7. The van der Waals surface area contributed by atoms with E-state index < -0.39 is 0 Å². The van der Waals surface area contributed by atoms with Gasteiger partial charge in [0.15, 0.2) is 5.96 Å². The maximum absolute atomic E-state index is 5.63. The number of nitrogens with zero attached hydrogens (tertiary/aromatic N) is 4. The number of hydrogen-bond donors (Lipinski definition) is 2. The number of nitrogens with one attached hydrogen (secondary N) is 2. The summed E-state index contributed by atoms with van der Waals surface area (Å²) < 4.78 is 5.63. The van der Waals surface area contributed by atoms with Gasteiger partial charge >= 0.3 is 0 Å². The number of hydrogen-bond acceptors (Lipinski definition) is 5. The summed E-state index contributed by atoms with van der Waals surface area (Å²) in [6.45, 7) is 15.4. The highest BCUT2D eigenvalue weighted by Crippen LogP contribution is 2.19. The summed E-state index contributed by atoms with van der Waals surface area (Å²) in [5.41, 5.74) is 3.03. The van der Waals surface area contributed by atoms with Gasteiger partial charge in [0.2, 0.25) is 5.89 Å². The van der Waals surface area contributed by atoms with Crippen LogP contribution in [0.2, 0.25) is 0 Å². The quantitative estimate of drug-likeness (QED) is 0.313. The molecular formula is C22H35IN6O. The van der Waals surface area contributed by atoms with E-state index in [0.29, 0.717) is 12.4 Å². The van der Waals surface area contributed by atoms with Gasteiger partial charge in [-0.2, -0.15) is 0 Å². The van der Waals surface area contributed by atoms with Gasteiger partial charge in [0.05, 0.1) is 6.54 Å². The largest absolute Gasteiger partial charge is 0.444 e. The topological polar surface area (TPSA) is 68.9 Å². The fourth-order valence-electron chi connectivity index (χ4n) is 3.37. The summed E-state index contributed by atoms with van der Waals surface area (Å²) in [6.07, 6.45) is 1.69. The first kappa shape index (κ1) is 24.6. The molecule has 0 atom stereocenters. The molecule has 30 heavy (non-hydrogen) atoms. The highest BCUT2D eigenvalue weighted by atomic mass is 127. The average Bonchev–Trinajstić information content (AvgIpc) is 3.22. The third-order valence-corrected chi connectivity index (χ3v) is 5.23. The number of halogens is 1. The van der Waals surface area contributed by atoms with Crippen LogP contribution in [0.1, 0.15) is 25.1 Å². The van der Waals surface area contributed by atoms with Crippen molar-refractivity contribution in [2.45, 2.75) is 27.3 Å². The number of aryl methyl sites for hydroxylation is 1. The number of guanidine groups is 1. The van der Waals surface area contributed by atoms with Crippen molar-refractivity contribution in [3.8, 4) is 11.5 Å². The number of aliphatic imine (C=N–C) groups is 1. The predicted molar refractivity (Wildman–Crippen MR) is 133 cm³/mol. The molecule has 0 unspecified atom stereocenters. The molecule has 2 heterocycles. The first-order chi connectivity index (χ1) is 14.2. The zero-order chi connectivity index (χ0) is 20.5. The lowest BCUT2D eigenvalue weighted by Crippen LogP contribution is -2.49. The third-order valence-electron chi connectivity index (χ3n) is 5.23. The van der Waals surface area contributed by atoms with Crippen LogP contribution in [0.5, 0.6) is 0 Å². The van der Waals surface area contributed by atoms with E-state index in [1.165, 1.54) is 18.7 Å². The van der Waals surface area contributed by atoms with Gasteiger partial charge in [-0.25, -0.2) is 9.98 Å². The number of piperazine rings is 1. The van der Waals surface area contributed by atoms with E-state index >= 15 is 0 Å². The van der Waals surface area contributed by atoms with E-state index in [1.54, 1.807) is 6.26 Å². The van der Waals surface area contributed by atoms with Gasteiger partial charge in [0, 0.05) is 51.4 Å². The van der Waals surface area contributed by atoms with E-state index in [9.17, 15) is 0 Å². The molecule has 2 N–H and O–H groups in total. The molecule has 2 aromatic rings. The van der Waals surface area contributed by atoms with Gasteiger partial charge in [-0.1, -0.05) is 24.6 Å². The maximum atomic E-state index is 5.63. The summed E-state index contributed by atoms with van der Waals surface area (Å²) in [5.74, 6) is 1.46. The Bertz CT molecular complexity index is 768. The van der Waals surface area contributed by atoms with Gasteiger partial charge in [-0.15, -0.1) is 24.0 Å². The second kappa shape index (κ2) is 12.9. The molecule has 1 fully saturated rings. The molecule has 1 aliphatic heterocycles. The molecule has 0 bridgehead atoms. The molecule has 0 spiro atoms. The number of rotatable bonds is 8. The van der Waals surface area contributed by atoms with E-state index in [-0.39, 0.29) is 24.0 Å². The molecule has 0 saturated carbocycles. The Kier molecular flexibility index (Phi) is 10.6. The van der Waals surface area contributed by atoms with Crippen molar-refractivity contribution in [2.75, 3.05) is 52.4 Å². The third kappa shape index (κ3) is 7.55. The van der Waals surface area contributed by atoms with Crippen LogP contribution in [0.4, 0.5) is 0 Å². The average molecular weight is 526 g/mol. The second-order valence-corrected chi connectivity index (χ2v) is 7.41. The number of oxazole rings is 1. The Morgan fingerprint density at radius 1 is 1.07 bits per heavy atom. The number of likely N-dealkylation sites (N-methyl/N-ethyl adjacent to an activating group) is 1. The molecule has 1 saturated heterocycles. The number of benzene rings is 1. The van der Waals surface area contributed by atoms with Crippen molar-refractivity contribution in [3.63, 3.8) is 0 Å². The Labute approximate surface area is 197 Å². The van der Waals surface area contributed by atoms with Crippen LogP contribution in [0.15, 0.2) is 39.9 Å². The van der Waals surface area contributed by atoms with Crippen molar-refractivity contribution in [1.82, 2.24) is 25.4 Å². The minimum atomic E-state index is 0. The molecule has 166 valence electrons. The van der Waals surface area contributed by atoms with Crippen molar-refractivity contribution in [1.29, 1.82) is 0 Å². The molecule has 1 aliphatic rings. The molecule has 8 heteroatoms. The van der Waals surface area contributed by atoms with Crippen LogP contribution in [-0.2, 0) is 6.54 Å². The summed E-state index contributed by atoms with van der Waals surface area (Å²) in [7, 11) is 0. The Morgan fingerprint density at radius 2 is 1.77 bits per heavy atom. The van der Waals surface area contributed by atoms with Crippen LogP contribution in [0, 0.1) is 6.92 Å². The summed E-state index contributed by atoms with van der Waals surface area (Å²) in [5, 5.41) is 6.74. The SMILES string of the molecule is CCNC(=NCc1coc(-c2ccc(C)cc2)n1)NCCN1CCN(CC)CC1.I. The fraction of sp³-hybridized carbons (Fsp3) is 0.545. The van der Waals surface area contributed by atoms with Gasteiger partial charge in [-0.3, -0.25) is 4.90 Å². The lowest BCUT2D eigenvalue weighted by molar-refractivity contribution is 0.139. The van der Waals surface area contributed by atoms with Crippen LogP contribution < -0.4 is 10.6 Å². The molecule has 7 nitrogen and oxygen atoms in total. The molecule has 0 amide bonds. The second-order valence-electron chi connectivity index (χ2n) is 7.41. The Morgan fingerprint density at radius 3 is 2.43 bits per heavy atom. The van der Waals surface area contributed by atoms with E-state index in [4.69, 9.17) is 4.42 Å². The predicted octanol–water partition coefficient (Wildman–Crippen LogP) is 2.96. The smallest absolute Gasteiger partial charge is 0.226 e. The van der Waals surface area contributed by atoms with Gasteiger partial charge < -0.3 is 20.0 Å². The molecule has 0 aliphatic carbocycles. The summed E-state index contributed by atoms with van der Waals surface area (Å²) in [4.78, 5) is 14.2. The van der Waals surface area contributed by atoms with Crippen molar-refractivity contribution < 1.29 is 4.42 Å². The molecule has 3 rings (SSSR count). The lowest BCUT2D eigenvalue weighted by Gasteiger charge is -2.34. The van der Waals surface area contributed by atoms with Crippen LogP contribution >= 0.6 is 24.0 Å². The Hall–Kier alpha value is -1.65. The Balaban J connectivity index is 0.00000320. The van der Waals surface area contributed by atoms with Crippen molar-refractivity contribution in [3.05, 3.63) is 41.8 Å². The van der Waals surface area contributed by atoms with Crippen molar-refractivity contribution in [2.24, 2.45) is 4.99 Å². The first-order valence-electron chi connectivity index (χ1n) is 10.7. The van der Waals surface area contributed by atoms with E-state index in [0.717, 1.165) is 56.5 Å². The number of aromatic nitrogens is 1. The molecule has 1 aromatic carbocycles. The monoisotopic (exact) mass is 526 g/mol. The highest BCUT2D eigenvalue weighted by Gasteiger charge is 2.14. The van der Waals surface area contributed by atoms with Crippen LogP contribution in [-0.4, -0.2) is 73.1 Å². The molecule has 1 aromatic heterocycles. The summed E-state index contributed by atoms with van der Waals surface area (Å²) in [6, 6.07) is 8.18. The zero-order valence-corrected chi connectivity index (χ0v) is 20.7.